The number of aromatic nitrogens is 2. The number of benzene rings is 2. The largest absolute Gasteiger partial charge is 0.497 e. The Bertz CT molecular complexity index is 1060. The number of aryl methyl sites for hydroxylation is 1. The molecule has 3 aromatic rings. The molecule has 1 heterocycles. The Morgan fingerprint density at radius 1 is 1.07 bits per heavy atom. The molecule has 1 aliphatic rings. The first kappa shape index (κ1) is 18.9. The lowest BCUT2D eigenvalue weighted by molar-refractivity contribution is 0.0962. The number of fused-ring (bicyclic) bond motifs is 1. The minimum atomic E-state index is -0.00224. The van der Waals surface area contributed by atoms with E-state index in [4.69, 9.17) is 9.47 Å². The second-order valence-electron chi connectivity index (χ2n) is 7.18. The maximum absolute atomic E-state index is 12.7. The van der Waals surface area contributed by atoms with E-state index < -0.39 is 0 Å². The molecule has 0 aliphatic heterocycles. The van der Waals surface area contributed by atoms with Gasteiger partial charge in [0.15, 0.2) is 5.78 Å². The molecular weight excluding hydrogens is 366 g/mol. The van der Waals surface area contributed by atoms with Gasteiger partial charge in [-0.15, -0.1) is 0 Å². The Morgan fingerprint density at radius 3 is 2.69 bits per heavy atom. The average Bonchev–Trinajstić information content (AvgIpc) is 2.73. The molecule has 2 aromatic carbocycles. The van der Waals surface area contributed by atoms with Crippen molar-refractivity contribution in [2.45, 2.75) is 25.7 Å². The summed E-state index contributed by atoms with van der Waals surface area (Å²) in [6.45, 7) is 2.03. The lowest BCUT2D eigenvalue weighted by Crippen LogP contribution is -2.21. The third-order valence-electron chi connectivity index (χ3n) is 5.19. The van der Waals surface area contributed by atoms with Crippen molar-refractivity contribution in [3.8, 4) is 11.5 Å². The van der Waals surface area contributed by atoms with Gasteiger partial charge >= 0.3 is 0 Å². The van der Waals surface area contributed by atoms with Crippen molar-refractivity contribution in [2.24, 2.45) is 0 Å². The molecule has 0 saturated heterocycles. The van der Waals surface area contributed by atoms with Crippen molar-refractivity contribution in [1.29, 1.82) is 0 Å². The van der Waals surface area contributed by atoms with Gasteiger partial charge in [-0.3, -0.25) is 4.79 Å². The number of nitrogens with zero attached hydrogens (tertiary/aromatic N) is 2. The first-order valence-corrected chi connectivity index (χ1v) is 9.52. The number of ether oxygens (including phenoxy) is 2. The summed E-state index contributed by atoms with van der Waals surface area (Å²) < 4.78 is 10.8. The molecule has 0 spiro atoms. The Morgan fingerprint density at radius 2 is 1.93 bits per heavy atom. The minimum Gasteiger partial charge on any atom is -0.497 e. The summed E-state index contributed by atoms with van der Waals surface area (Å²) in [5.41, 5.74) is 4.41. The summed E-state index contributed by atoms with van der Waals surface area (Å²) >= 11 is 0. The lowest BCUT2D eigenvalue weighted by atomic mass is 9.82. The molecule has 1 atom stereocenters. The van der Waals surface area contributed by atoms with Gasteiger partial charge in [-0.2, -0.15) is 0 Å². The molecule has 6 heteroatoms. The quantitative estimate of drug-likeness (QED) is 0.695. The highest BCUT2D eigenvalue weighted by Gasteiger charge is 2.30. The van der Waals surface area contributed by atoms with Crippen molar-refractivity contribution in [3.63, 3.8) is 0 Å². The maximum Gasteiger partial charge on any atom is 0.227 e. The van der Waals surface area contributed by atoms with Crippen molar-refractivity contribution >= 4 is 17.4 Å². The molecule has 0 amide bonds. The molecule has 1 aromatic heterocycles. The van der Waals surface area contributed by atoms with E-state index in [-0.39, 0.29) is 11.7 Å². The predicted molar refractivity (Wildman–Crippen MR) is 111 cm³/mol. The van der Waals surface area contributed by atoms with Crippen LogP contribution in [-0.4, -0.2) is 30.0 Å². The van der Waals surface area contributed by atoms with Gasteiger partial charge in [-0.1, -0.05) is 18.2 Å². The third kappa shape index (κ3) is 3.92. The minimum absolute atomic E-state index is 0.00224. The second-order valence-corrected chi connectivity index (χ2v) is 7.18. The van der Waals surface area contributed by atoms with Gasteiger partial charge in [-0.05, 0) is 42.7 Å². The average molecular weight is 389 g/mol. The molecule has 0 fully saturated rings. The molecule has 0 radical (unpaired) electrons. The van der Waals surface area contributed by atoms with E-state index in [1.165, 1.54) is 0 Å². The number of anilines is 2. The molecule has 0 bridgehead atoms. The van der Waals surface area contributed by atoms with Crippen LogP contribution in [0.1, 0.15) is 39.5 Å². The van der Waals surface area contributed by atoms with Gasteiger partial charge in [-0.25, -0.2) is 9.97 Å². The fraction of sp³-hybridized carbons (Fsp3) is 0.261. The van der Waals surface area contributed by atoms with Crippen LogP contribution in [0.5, 0.6) is 11.5 Å². The standard InChI is InChI=1S/C23H23N3O3/c1-14-5-4-6-16(9-14)25-23-24-13-19-20(26-23)10-15(11-21(19)27)18-8-7-17(28-2)12-22(18)29-3/h4-9,12-13,15H,10-11H2,1-3H3,(H,24,25,26)/t15-/m1/s1. The SMILES string of the molecule is COc1ccc([C@H]2CC(=O)c3cnc(Nc4cccc(C)c4)nc3C2)c(OC)c1. The molecular formula is C23H23N3O3. The Labute approximate surface area is 169 Å². The number of rotatable bonds is 5. The monoisotopic (exact) mass is 389 g/mol. The van der Waals surface area contributed by atoms with E-state index in [1.54, 1.807) is 20.4 Å². The first-order valence-electron chi connectivity index (χ1n) is 9.52. The van der Waals surface area contributed by atoms with E-state index in [2.05, 4.69) is 15.3 Å². The number of methoxy groups -OCH3 is 2. The summed E-state index contributed by atoms with van der Waals surface area (Å²) in [5, 5.41) is 3.23. The second kappa shape index (κ2) is 7.91. The van der Waals surface area contributed by atoms with E-state index in [9.17, 15) is 4.79 Å². The van der Waals surface area contributed by atoms with Gasteiger partial charge in [0, 0.05) is 30.3 Å². The number of carbonyl (C=O) groups excluding carboxylic acids is 1. The van der Waals surface area contributed by atoms with Crippen LogP contribution in [0.25, 0.3) is 0 Å². The summed E-state index contributed by atoms with van der Waals surface area (Å²) in [6, 6.07) is 13.7. The zero-order valence-corrected chi connectivity index (χ0v) is 16.7. The highest BCUT2D eigenvalue weighted by Crippen LogP contribution is 2.38. The van der Waals surface area contributed by atoms with Gasteiger partial charge in [0.2, 0.25) is 5.95 Å². The van der Waals surface area contributed by atoms with Gasteiger partial charge in [0.1, 0.15) is 11.5 Å². The highest BCUT2D eigenvalue weighted by atomic mass is 16.5. The Balaban J connectivity index is 1.63. The van der Waals surface area contributed by atoms with Crippen molar-refractivity contribution in [1.82, 2.24) is 9.97 Å². The van der Waals surface area contributed by atoms with E-state index in [1.807, 2.05) is 49.4 Å². The summed E-state index contributed by atoms with van der Waals surface area (Å²) in [6.07, 6.45) is 2.68. The maximum atomic E-state index is 12.7. The van der Waals surface area contributed by atoms with Crippen LogP contribution in [0.2, 0.25) is 0 Å². The molecule has 0 saturated carbocycles. The Hall–Kier alpha value is -3.41. The fourth-order valence-electron chi connectivity index (χ4n) is 3.73. The number of carbonyl (C=O) groups is 1. The zero-order chi connectivity index (χ0) is 20.4. The molecule has 6 nitrogen and oxygen atoms in total. The normalized spacial score (nSPS) is 15.6. The van der Waals surface area contributed by atoms with Crippen molar-refractivity contribution < 1.29 is 14.3 Å². The predicted octanol–water partition coefficient (Wildman–Crippen LogP) is 4.46. The number of nitrogens with one attached hydrogen (secondary N) is 1. The highest BCUT2D eigenvalue weighted by molar-refractivity contribution is 5.98. The molecule has 1 aliphatic carbocycles. The van der Waals surface area contributed by atoms with E-state index in [0.717, 1.165) is 34.0 Å². The number of hydrogen-bond acceptors (Lipinski definition) is 6. The fourth-order valence-corrected chi connectivity index (χ4v) is 3.73. The smallest absolute Gasteiger partial charge is 0.227 e. The van der Waals surface area contributed by atoms with Gasteiger partial charge in [0.05, 0.1) is 25.5 Å². The number of hydrogen-bond donors (Lipinski definition) is 1. The summed E-state index contributed by atoms with van der Waals surface area (Å²) in [7, 11) is 3.25. The van der Waals surface area contributed by atoms with Crippen LogP contribution in [-0.2, 0) is 6.42 Å². The lowest BCUT2D eigenvalue weighted by Gasteiger charge is -2.25. The Kier molecular flexibility index (Phi) is 5.16. The van der Waals surface area contributed by atoms with Crippen LogP contribution in [0.3, 0.4) is 0 Å². The summed E-state index contributed by atoms with van der Waals surface area (Å²) in [4.78, 5) is 21.7. The van der Waals surface area contributed by atoms with E-state index in [0.29, 0.717) is 24.4 Å². The zero-order valence-electron chi connectivity index (χ0n) is 16.7. The van der Waals surface area contributed by atoms with Crippen LogP contribution in [0.15, 0.2) is 48.7 Å². The van der Waals surface area contributed by atoms with Crippen LogP contribution >= 0.6 is 0 Å². The first-order chi connectivity index (χ1) is 14.1. The molecule has 4 rings (SSSR count). The van der Waals surface area contributed by atoms with Crippen LogP contribution in [0, 0.1) is 6.92 Å². The molecule has 1 N–H and O–H groups in total. The molecule has 148 valence electrons. The van der Waals surface area contributed by atoms with Crippen molar-refractivity contribution in [3.05, 3.63) is 71.0 Å². The number of Topliss-reactive ketones (excluding diaryl/α,β-unsaturated/α-hetero) is 1. The van der Waals surface area contributed by atoms with E-state index >= 15 is 0 Å². The van der Waals surface area contributed by atoms with Crippen LogP contribution in [0.4, 0.5) is 11.6 Å². The van der Waals surface area contributed by atoms with Crippen LogP contribution < -0.4 is 14.8 Å². The third-order valence-corrected chi connectivity index (χ3v) is 5.19. The van der Waals surface area contributed by atoms with Gasteiger partial charge in [0.25, 0.3) is 0 Å². The molecule has 0 unspecified atom stereocenters. The number of ketones is 1. The van der Waals surface area contributed by atoms with Crippen molar-refractivity contribution in [2.75, 3.05) is 19.5 Å². The summed E-state index contributed by atoms with van der Waals surface area (Å²) in [5.74, 6) is 1.98. The topological polar surface area (TPSA) is 73.3 Å². The van der Waals surface area contributed by atoms with Gasteiger partial charge < -0.3 is 14.8 Å². The molecule has 29 heavy (non-hydrogen) atoms.